The number of thiol groups is 1. The number of hydrogen-bond donors (Lipinski definition) is 2. The van der Waals surface area contributed by atoms with Crippen molar-refractivity contribution < 1.29 is 4.79 Å². The Morgan fingerprint density at radius 1 is 1.60 bits per heavy atom. The van der Waals surface area contributed by atoms with Crippen molar-refractivity contribution in [3.8, 4) is 0 Å². The van der Waals surface area contributed by atoms with Crippen LogP contribution in [-0.2, 0) is 11.3 Å². The topological polar surface area (TPSA) is 29.1 Å². The Labute approximate surface area is 99.5 Å². The lowest BCUT2D eigenvalue weighted by Crippen LogP contribution is -2.26. The van der Waals surface area contributed by atoms with Gasteiger partial charge in [0.2, 0.25) is 5.91 Å². The van der Waals surface area contributed by atoms with Gasteiger partial charge >= 0.3 is 0 Å². The van der Waals surface area contributed by atoms with E-state index in [2.05, 4.69) is 23.3 Å². The largest absolute Gasteiger partial charge is 0.352 e. The van der Waals surface area contributed by atoms with Gasteiger partial charge in [0.25, 0.3) is 0 Å². The van der Waals surface area contributed by atoms with Crippen LogP contribution < -0.4 is 5.32 Å². The highest BCUT2D eigenvalue weighted by molar-refractivity contribution is 7.80. The van der Waals surface area contributed by atoms with E-state index in [9.17, 15) is 4.79 Å². The normalized spacial score (nSPS) is 17.4. The molecule has 1 amide bonds. The third-order valence-corrected chi connectivity index (χ3v) is 4.30. The molecule has 0 atom stereocenters. The summed E-state index contributed by atoms with van der Waals surface area (Å²) in [7, 11) is 0. The Kier molecular flexibility index (Phi) is 3.36. The van der Waals surface area contributed by atoms with Crippen LogP contribution >= 0.6 is 24.0 Å². The molecule has 4 heteroatoms. The predicted octanol–water partition coefficient (Wildman–Crippen LogP) is 2.46. The molecule has 2 rings (SSSR count). The smallest absolute Gasteiger partial charge is 0.220 e. The van der Waals surface area contributed by atoms with Crippen molar-refractivity contribution >= 4 is 29.9 Å². The fourth-order valence-corrected chi connectivity index (χ4v) is 2.66. The number of rotatable bonds is 5. The van der Waals surface area contributed by atoms with Crippen molar-refractivity contribution in [1.29, 1.82) is 0 Å². The van der Waals surface area contributed by atoms with Gasteiger partial charge in [-0.25, -0.2) is 0 Å². The number of amides is 1. The standard InChI is InChI=1S/C11H15NOS2/c13-10(5-11(8-14)2-3-11)12-6-9-1-4-15-7-9/h1,4,7,14H,2-3,5-6,8H2,(H,12,13). The van der Waals surface area contributed by atoms with Crippen LogP contribution in [-0.4, -0.2) is 11.7 Å². The van der Waals surface area contributed by atoms with Gasteiger partial charge in [0.05, 0.1) is 0 Å². The maximum Gasteiger partial charge on any atom is 0.220 e. The summed E-state index contributed by atoms with van der Waals surface area (Å²) >= 11 is 5.95. The Bertz CT molecular complexity index is 330. The van der Waals surface area contributed by atoms with Gasteiger partial charge < -0.3 is 5.32 Å². The molecule has 1 N–H and O–H groups in total. The molecule has 1 aromatic heterocycles. The monoisotopic (exact) mass is 241 g/mol. The van der Waals surface area contributed by atoms with E-state index in [4.69, 9.17) is 0 Å². The highest BCUT2D eigenvalue weighted by Gasteiger charge is 2.42. The summed E-state index contributed by atoms with van der Waals surface area (Å²) in [4.78, 5) is 11.6. The van der Waals surface area contributed by atoms with Crippen LogP contribution in [0, 0.1) is 5.41 Å². The first-order valence-electron chi connectivity index (χ1n) is 5.13. The molecule has 2 nitrogen and oxygen atoms in total. The number of hydrogen-bond acceptors (Lipinski definition) is 3. The SMILES string of the molecule is O=C(CC1(CS)CC1)NCc1ccsc1. The molecule has 1 aliphatic carbocycles. The second kappa shape index (κ2) is 4.58. The Morgan fingerprint density at radius 2 is 2.40 bits per heavy atom. The van der Waals surface area contributed by atoms with Gasteiger partial charge in [-0.1, -0.05) is 0 Å². The lowest BCUT2D eigenvalue weighted by atomic mass is 10.1. The van der Waals surface area contributed by atoms with Gasteiger partial charge in [0.1, 0.15) is 0 Å². The van der Waals surface area contributed by atoms with Gasteiger partial charge in [0, 0.05) is 13.0 Å². The molecule has 15 heavy (non-hydrogen) atoms. The summed E-state index contributed by atoms with van der Waals surface area (Å²) in [6, 6.07) is 2.04. The van der Waals surface area contributed by atoms with E-state index in [-0.39, 0.29) is 11.3 Å². The Hall–Kier alpha value is -0.480. The van der Waals surface area contributed by atoms with Crippen molar-refractivity contribution in [3.63, 3.8) is 0 Å². The Balaban J connectivity index is 1.73. The van der Waals surface area contributed by atoms with Crippen LogP contribution in [0.5, 0.6) is 0 Å². The third kappa shape index (κ3) is 2.98. The average molecular weight is 241 g/mol. The second-order valence-corrected chi connectivity index (χ2v) is 5.34. The van der Waals surface area contributed by atoms with Gasteiger partial charge in [-0.2, -0.15) is 24.0 Å². The Morgan fingerprint density at radius 3 is 2.93 bits per heavy atom. The van der Waals surface area contributed by atoms with E-state index in [1.54, 1.807) is 11.3 Å². The summed E-state index contributed by atoms with van der Waals surface area (Å²) in [6.07, 6.45) is 2.95. The van der Waals surface area contributed by atoms with Crippen molar-refractivity contribution in [2.45, 2.75) is 25.8 Å². The highest BCUT2D eigenvalue weighted by Crippen LogP contribution is 2.49. The molecule has 0 spiro atoms. The molecule has 1 heterocycles. The van der Waals surface area contributed by atoms with E-state index in [1.165, 1.54) is 5.56 Å². The maximum atomic E-state index is 11.6. The number of carbonyl (C=O) groups is 1. The number of nitrogens with one attached hydrogen (secondary N) is 1. The molecule has 0 bridgehead atoms. The van der Waals surface area contributed by atoms with E-state index >= 15 is 0 Å². The zero-order chi connectivity index (χ0) is 10.7. The van der Waals surface area contributed by atoms with E-state index in [0.29, 0.717) is 13.0 Å². The molecule has 1 aliphatic rings. The summed E-state index contributed by atoms with van der Waals surface area (Å²) in [5, 5.41) is 7.04. The van der Waals surface area contributed by atoms with Crippen molar-refractivity contribution in [2.24, 2.45) is 5.41 Å². The van der Waals surface area contributed by atoms with Gasteiger partial charge in [-0.05, 0) is 46.4 Å². The molecule has 0 aliphatic heterocycles. The predicted molar refractivity (Wildman–Crippen MR) is 66.3 cm³/mol. The molecule has 0 unspecified atom stereocenters. The molecule has 0 radical (unpaired) electrons. The van der Waals surface area contributed by atoms with Crippen LogP contribution in [0.15, 0.2) is 16.8 Å². The fraction of sp³-hybridized carbons (Fsp3) is 0.545. The van der Waals surface area contributed by atoms with Crippen LogP contribution in [0.2, 0.25) is 0 Å². The van der Waals surface area contributed by atoms with Crippen LogP contribution in [0.4, 0.5) is 0 Å². The van der Waals surface area contributed by atoms with E-state index in [1.807, 2.05) is 11.4 Å². The van der Waals surface area contributed by atoms with Gasteiger partial charge in [-0.15, -0.1) is 0 Å². The summed E-state index contributed by atoms with van der Waals surface area (Å²) in [5.41, 5.74) is 1.41. The fourth-order valence-electron chi connectivity index (χ4n) is 1.56. The minimum absolute atomic E-state index is 0.160. The van der Waals surface area contributed by atoms with Crippen molar-refractivity contribution in [2.75, 3.05) is 5.75 Å². The maximum absolute atomic E-state index is 11.6. The first-order valence-corrected chi connectivity index (χ1v) is 6.70. The molecule has 1 fully saturated rings. The molecule has 0 saturated heterocycles. The van der Waals surface area contributed by atoms with E-state index in [0.717, 1.165) is 18.6 Å². The minimum atomic E-state index is 0.160. The molecule has 0 aromatic carbocycles. The van der Waals surface area contributed by atoms with Crippen LogP contribution in [0.25, 0.3) is 0 Å². The quantitative estimate of drug-likeness (QED) is 0.762. The third-order valence-electron chi connectivity index (χ3n) is 2.90. The lowest BCUT2D eigenvalue weighted by Gasteiger charge is -2.11. The van der Waals surface area contributed by atoms with Gasteiger partial charge in [0.15, 0.2) is 0 Å². The summed E-state index contributed by atoms with van der Waals surface area (Å²) < 4.78 is 0. The highest BCUT2D eigenvalue weighted by atomic mass is 32.1. The summed E-state index contributed by atoms with van der Waals surface area (Å²) in [5.74, 6) is 0.992. The molecular formula is C11H15NOS2. The van der Waals surface area contributed by atoms with Crippen LogP contribution in [0.3, 0.4) is 0 Å². The van der Waals surface area contributed by atoms with Crippen molar-refractivity contribution in [1.82, 2.24) is 5.32 Å². The summed E-state index contributed by atoms with van der Waals surface area (Å²) in [6.45, 7) is 0.658. The average Bonchev–Trinajstić information content (AvgIpc) is 2.80. The molecular weight excluding hydrogens is 226 g/mol. The first kappa shape index (κ1) is 11.0. The lowest BCUT2D eigenvalue weighted by molar-refractivity contribution is -0.122. The molecule has 1 saturated carbocycles. The molecule has 82 valence electrons. The number of thiophene rings is 1. The zero-order valence-electron chi connectivity index (χ0n) is 8.53. The number of carbonyl (C=O) groups excluding carboxylic acids is 1. The van der Waals surface area contributed by atoms with Crippen molar-refractivity contribution in [3.05, 3.63) is 22.4 Å². The van der Waals surface area contributed by atoms with Gasteiger partial charge in [-0.3, -0.25) is 4.79 Å². The minimum Gasteiger partial charge on any atom is -0.352 e. The van der Waals surface area contributed by atoms with Crippen LogP contribution in [0.1, 0.15) is 24.8 Å². The zero-order valence-corrected chi connectivity index (χ0v) is 10.2. The molecule has 1 aromatic rings. The van der Waals surface area contributed by atoms with E-state index < -0.39 is 0 Å². The first-order chi connectivity index (χ1) is 7.24. The second-order valence-electron chi connectivity index (χ2n) is 4.24.